The fourth-order valence-electron chi connectivity index (χ4n) is 2.17. The molecular weight excluding hydrogens is 232 g/mol. The summed E-state index contributed by atoms with van der Waals surface area (Å²) < 4.78 is 0. The molecule has 1 aliphatic rings. The lowest BCUT2D eigenvalue weighted by molar-refractivity contribution is -0.132. The van der Waals surface area contributed by atoms with Crippen molar-refractivity contribution < 1.29 is 4.79 Å². The zero-order valence-electron chi connectivity index (χ0n) is 10.3. The van der Waals surface area contributed by atoms with Crippen LogP contribution in [0.3, 0.4) is 0 Å². The smallest absolute Gasteiger partial charge is 0.239 e. The van der Waals surface area contributed by atoms with E-state index in [0.717, 1.165) is 25.9 Å². The molecule has 3 nitrogen and oxygen atoms in total. The van der Waals surface area contributed by atoms with Gasteiger partial charge in [-0.3, -0.25) is 4.79 Å². The molecule has 1 N–H and O–H groups in total. The molecule has 1 aromatic rings. The number of hydrogen-bond acceptors (Lipinski definition) is 3. The number of rotatable bonds is 4. The number of nitrogens with one attached hydrogen (secondary N) is 1. The maximum Gasteiger partial charge on any atom is 0.239 e. The normalized spacial score (nSPS) is 20.2. The molecule has 0 spiro atoms. The fraction of sp³-hybridized carbons (Fsp3) is 0.615. The third kappa shape index (κ3) is 3.54. The standard InChI is InChI=1S/C13H20N2OS/c1-15(9-7-11-5-4-10-17-11)13(16)12-6-2-3-8-14-12/h4-5,10,12,14H,2-3,6-9H2,1H3/t12-/m0/s1. The minimum Gasteiger partial charge on any atom is -0.344 e. The first kappa shape index (κ1) is 12.6. The Hall–Kier alpha value is -0.870. The quantitative estimate of drug-likeness (QED) is 0.887. The first-order chi connectivity index (χ1) is 8.27. The van der Waals surface area contributed by atoms with Crippen molar-refractivity contribution in [2.24, 2.45) is 0 Å². The van der Waals surface area contributed by atoms with E-state index in [1.807, 2.05) is 11.9 Å². The minimum absolute atomic E-state index is 0.0529. The molecule has 0 aromatic carbocycles. The Morgan fingerprint density at radius 1 is 1.59 bits per heavy atom. The van der Waals surface area contributed by atoms with Gasteiger partial charge in [0.05, 0.1) is 6.04 Å². The molecule has 1 aliphatic heterocycles. The van der Waals surface area contributed by atoms with Crippen molar-refractivity contribution in [1.82, 2.24) is 10.2 Å². The number of carbonyl (C=O) groups excluding carboxylic acids is 1. The summed E-state index contributed by atoms with van der Waals surface area (Å²) in [6.45, 7) is 1.80. The molecule has 0 bridgehead atoms. The maximum atomic E-state index is 12.1. The van der Waals surface area contributed by atoms with Crippen LogP contribution in [0.1, 0.15) is 24.1 Å². The lowest BCUT2D eigenvalue weighted by Gasteiger charge is -2.27. The molecule has 0 saturated carbocycles. The van der Waals surface area contributed by atoms with E-state index in [-0.39, 0.29) is 11.9 Å². The monoisotopic (exact) mass is 252 g/mol. The van der Waals surface area contributed by atoms with E-state index in [0.29, 0.717) is 0 Å². The van der Waals surface area contributed by atoms with Gasteiger partial charge < -0.3 is 10.2 Å². The van der Waals surface area contributed by atoms with Gasteiger partial charge in [-0.25, -0.2) is 0 Å². The van der Waals surface area contributed by atoms with E-state index in [1.165, 1.54) is 17.7 Å². The molecule has 1 atom stereocenters. The fourth-order valence-corrected chi connectivity index (χ4v) is 2.87. The van der Waals surface area contributed by atoms with Crippen LogP contribution in [0.5, 0.6) is 0 Å². The molecular formula is C13H20N2OS. The van der Waals surface area contributed by atoms with Crippen molar-refractivity contribution in [3.05, 3.63) is 22.4 Å². The summed E-state index contributed by atoms with van der Waals surface area (Å²) >= 11 is 1.76. The van der Waals surface area contributed by atoms with Gasteiger partial charge in [-0.15, -0.1) is 11.3 Å². The SMILES string of the molecule is CN(CCc1cccs1)C(=O)[C@@H]1CCCCN1. The summed E-state index contributed by atoms with van der Waals surface area (Å²) in [6, 6.07) is 4.24. The van der Waals surface area contributed by atoms with Crippen LogP contribution in [-0.2, 0) is 11.2 Å². The second-order valence-electron chi connectivity index (χ2n) is 4.59. The summed E-state index contributed by atoms with van der Waals surface area (Å²) in [5, 5.41) is 5.39. The van der Waals surface area contributed by atoms with Crippen molar-refractivity contribution in [2.75, 3.05) is 20.1 Å². The number of nitrogens with zero attached hydrogens (tertiary/aromatic N) is 1. The summed E-state index contributed by atoms with van der Waals surface area (Å²) in [6.07, 6.45) is 4.32. The molecule has 1 amide bonds. The van der Waals surface area contributed by atoms with Crippen molar-refractivity contribution in [3.63, 3.8) is 0 Å². The minimum atomic E-state index is 0.0529. The Balaban J connectivity index is 1.78. The van der Waals surface area contributed by atoms with Crippen molar-refractivity contribution in [1.29, 1.82) is 0 Å². The van der Waals surface area contributed by atoms with Crippen LogP contribution in [0.2, 0.25) is 0 Å². The van der Waals surface area contributed by atoms with E-state index in [1.54, 1.807) is 11.3 Å². The second kappa shape index (κ2) is 6.17. The van der Waals surface area contributed by atoms with Crippen LogP contribution in [-0.4, -0.2) is 37.0 Å². The first-order valence-corrected chi connectivity index (χ1v) is 7.16. The zero-order valence-corrected chi connectivity index (χ0v) is 11.1. The lowest BCUT2D eigenvalue weighted by atomic mass is 10.0. The van der Waals surface area contributed by atoms with Crippen molar-refractivity contribution >= 4 is 17.2 Å². The Kier molecular flexibility index (Phi) is 4.57. The Labute approximate surface area is 107 Å². The van der Waals surface area contributed by atoms with Crippen LogP contribution in [0.25, 0.3) is 0 Å². The number of piperidine rings is 1. The molecule has 94 valence electrons. The Bertz CT molecular complexity index is 344. The lowest BCUT2D eigenvalue weighted by Crippen LogP contribution is -2.47. The molecule has 2 heterocycles. The van der Waals surface area contributed by atoms with Gasteiger partial charge in [-0.1, -0.05) is 12.5 Å². The van der Waals surface area contributed by atoms with E-state index in [4.69, 9.17) is 0 Å². The van der Waals surface area contributed by atoms with Gasteiger partial charge >= 0.3 is 0 Å². The third-order valence-corrected chi connectivity index (χ3v) is 4.19. The largest absolute Gasteiger partial charge is 0.344 e. The predicted molar refractivity (Wildman–Crippen MR) is 71.3 cm³/mol. The number of thiophene rings is 1. The van der Waals surface area contributed by atoms with Gasteiger partial charge in [0.2, 0.25) is 5.91 Å². The van der Waals surface area contributed by atoms with Crippen LogP contribution in [0.15, 0.2) is 17.5 Å². The van der Waals surface area contributed by atoms with Crippen LogP contribution >= 0.6 is 11.3 Å². The average molecular weight is 252 g/mol. The molecule has 0 aliphatic carbocycles. The van der Waals surface area contributed by atoms with E-state index in [9.17, 15) is 4.79 Å². The third-order valence-electron chi connectivity index (χ3n) is 3.26. The van der Waals surface area contributed by atoms with Gasteiger partial charge in [-0.05, 0) is 37.3 Å². The first-order valence-electron chi connectivity index (χ1n) is 6.28. The molecule has 0 radical (unpaired) electrons. The van der Waals surface area contributed by atoms with Gasteiger partial charge in [0.1, 0.15) is 0 Å². The van der Waals surface area contributed by atoms with Crippen molar-refractivity contribution in [2.45, 2.75) is 31.7 Å². The molecule has 4 heteroatoms. The van der Waals surface area contributed by atoms with E-state index in [2.05, 4.69) is 22.8 Å². The summed E-state index contributed by atoms with van der Waals surface area (Å²) in [5.41, 5.74) is 0. The molecule has 0 unspecified atom stereocenters. The van der Waals surface area contributed by atoms with E-state index >= 15 is 0 Å². The molecule has 17 heavy (non-hydrogen) atoms. The summed E-state index contributed by atoms with van der Waals surface area (Å²) in [7, 11) is 1.91. The number of carbonyl (C=O) groups is 1. The van der Waals surface area contributed by atoms with Crippen molar-refractivity contribution in [3.8, 4) is 0 Å². The van der Waals surface area contributed by atoms with Gasteiger partial charge in [0.15, 0.2) is 0 Å². The highest BCUT2D eigenvalue weighted by Crippen LogP contribution is 2.12. The van der Waals surface area contributed by atoms with E-state index < -0.39 is 0 Å². The van der Waals surface area contributed by atoms with Crippen LogP contribution in [0.4, 0.5) is 0 Å². The average Bonchev–Trinajstić information content (AvgIpc) is 2.89. The highest BCUT2D eigenvalue weighted by atomic mass is 32.1. The maximum absolute atomic E-state index is 12.1. The number of amides is 1. The highest BCUT2D eigenvalue weighted by Gasteiger charge is 2.23. The summed E-state index contributed by atoms with van der Waals surface area (Å²) in [4.78, 5) is 15.3. The second-order valence-corrected chi connectivity index (χ2v) is 5.62. The Morgan fingerprint density at radius 2 is 2.47 bits per heavy atom. The molecule has 2 rings (SSSR count). The molecule has 1 aromatic heterocycles. The van der Waals surface area contributed by atoms with Gasteiger partial charge in [0.25, 0.3) is 0 Å². The number of likely N-dealkylation sites (N-methyl/N-ethyl adjacent to an activating group) is 1. The Morgan fingerprint density at radius 3 is 3.12 bits per heavy atom. The topological polar surface area (TPSA) is 32.3 Å². The summed E-state index contributed by atoms with van der Waals surface area (Å²) in [5.74, 6) is 0.251. The highest BCUT2D eigenvalue weighted by molar-refractivity contribution is 7.09. The predicted octanol–water partition coefficient (Wildman–Crippen LogP) is 1.89. The van der Waals surface area contributed by atoms with Crippen LogP contribution < -0.4 is 5.32 Å². The molecule has 1 fully saturated rings. The van der Waals surface area contributed by atoms with Gasteiger partial charge in [-0.2, -0.15) is 0 Å². The van der Waals surface area contributed by atoms with Crippen LogP contribution in [0, 0.1) is 0 Å². The molecule has 1 saturated heterocycles. The number of hydrogen-bond donors (Lipinski definition) is 1. The van der Waals surface area contributed by atoms with Gasteiger partial charge in [0, 0.05) is 18.5 Å². The zero-order chi connectivity index (χ0) is 12.1.